The molecule has 0 aliphatic carbocycles. The molecule has 6 nitrogen and oxygen atoms in total. The number of nitrogens with zero attached hydrogens (tertiary/aromatic N) is 1. The lowest BCUT2D eigenvalue weighted by Crippen LogP contribution is -2.38. The van der Waals surface area contributed by atoms with Crippen molar-refractivity contribution in [3.05, 3.63) is 35.4 Å². The van der Waals surface area contributed by atoms with E-state index in [1.165, 1.54) is 0 Å². The van der Waals surface area contributed by atoms with E-state index >= 15 is 0 Å². The molecule has 6 heteroatoms. The van der Waals surface area contributed by atoms with Crippen molar-refractivity contribution in [1.29, 1.82) is 0 Å². The van der Waals surface area contributed by atoms with Crippen LogP contribution in [0.4, 0.5) is 4.79 Å². The van der Waals surface area contributed by atoms with Crippen LogP contribution in [0.1, 0.15) is 15.9 Å². The van der Waals surface area contributed by atoms with E-state index < -0.39 is 6.03 Å². The molecule has 0 spiro atoms. The van der Waals surface area contributed by atoms with Crippen LogP contribution in [0.15, 0.2) is 24.3 Å². The van der Waals surface area contributed by atoms with E-state index in [0.717, 1.165) is 10.5 Å². The van der Waals surface area contributed by atoms with Gasteiger partial charge in [-0.15, -0.1) is 0 Å². The molecule has 100 valence electrons. The first kappa shape index (κ1) is 13.1. The van der Waals surface area contributed by atoms with Gasteiger partial charge in [-0.05, 0) is 18.6 Å². The highest BCUT2D eigenvalue weighted by Gasteiger charge is 2.27. The number of hydrogen-bond donors (Lipinski definition) is 2. The summed E-state index contributed by atoms with van der Waals surface area (Å²) in [6.07, 6.45) is 0. The number of amides is 4. The fourth-order valence-corrected chi connectivity index (χ4v) is 1.89. The number of nitrogens with one attached hydrogen (secondary N) is 2. The first-order valence-electron chi connectivity index (χ1n) is 6.01. The molecule has 1 aliphatic heterocycles. The van der Waals surface area contributed by atoms with Crippen molar-refractivity contribution in [1.82, 2.24) is 15.5 Å². The minimum absolute atomic E-state index is 0.0323. The van der Waals surface area contributed by atoms with Crippen LogP contribution in [-0.4, -0.2) is 42.4 Å². The van der Waals surface area contributed by atoms with E-state index in [1.54, 1.807) is 12.1 Å². The van der Waals surface area contributed by atoms with Crippen molar-refractivity contribution in [3.8, 4) is 0 Å². The van der Waals surface area contributed by atoms with Gasteiger partial charge in [-0.25, -0.2) is 4.79 Å². The third-order valence-electron chi connectivity index (χ3n) is 2.95. The fraction of sp³-hybridized carbons (Fsp3) is 0.308. The Bertz CT molecular complexity index is 512. The van der Waals surface area contributed by atoms with Crippen LogP contribution < -0.4 is 10.6 Å². The topological polar surface area (TPSA) is 78.5 Å². The maximum Gasteiger partial charge on any atom is 0.324 e. The van der Waals surface area contributed by atoms with Crippen molar-refractivity contribution in [2.45, 2.75) is 6.92 Å². The lowest BCUT2D eigenvalue weighted by atomic mass is 10.1. The van der Waals surface area contributed by atoms with Crippen LogP contribution in [0.25, 0.3) is 0 Å². The quantitative estimate of drug-likeness (QED) is 0.764. The van der Waals surface area contributed by atoms with Gasteiger partial charge in [-0.3, -0.25) is 14.5 Å². The Hall–Kier alpha value is -2.37. The third kappa shape index (κ3) is 2.90. The normalized spacial score (nSPS) is 14.5. The lowest BCUT2D eigenvalue weighted by Gasteiger charge is -2.13. The molecule has 2 N–H and O–H groups in total. The van der Waals surface area contributed by atoms with Crippen LogP contribution in [0.5, 0.6) is 0 Å². The highest BCUT2D eigenvalue weighted by molar-refractivity contribution is 6.02. The van der Waals surface area contributed by atoms with Gasteiger partial charge in [0.15, 0.2) is 0 Å². The van der Waals surface area contributed by atoms with Crippen LogP contribution >= 0.6 is 0 Å². The van der Waals surface area contributed by atoms with Crippen molar-refractivity contribution >= 4 is 17.8 Å². The molecule has 4 amide bonds. The molecule has 0 bridgehead atoms. The number of urea groups is 1. The fourth-order valence-electron chi connectivity index (χ4n) is 1.89. The van der Waals surface area contributed by atoms with Gasteiger partial charge in [0.05, 0.1) is 6.54 Å². The molecule has 1 aromatic rings. The number of aryl methyl sites for hydroxylation is 1. The molecule has 1 saturated heterocycles. The average Bonchev–Trinajstić information content (AvgIpc) is 2.70. The standard InChI is InChI=1S/C13H15N3O3/c1-9-4-2-3-5-10(9)12(18)14-6-7-16-11(17)8-15-13(16)19/h2-5H,6-8H2,1H3,(H,14,18)(H,15,19). The van der Waals surface area contributed by atoms with Crippen molar-refractivity contribution in [3.63, 3.8) is 0 Å². The number of carbonyl (C=O) groups excluding carboxylic acids is 3. The molecule has 0 unspecified atom stereocenters. The summed E-state index contributed by atoms with van der Waals surface area (Å²) in [6, 6.07) is 6.83. The van der Waals surface area contributed by atoms with Gasteiger partial charge in [0.25, 0.3) is 5.91 Å². The zero-order chi connectivity index (χ0) is 13.8. The first-order chi connectivity index (χ1) is 9.09. The summed E-state index contributed by atoms with van der Waals surface area (Å²) in [6.45, 7) is 2.31. The summed E-state index contributed by atoms with van der Waals surface area (Å²) in [5, 5.41) is 5.12. The van der Waals surface area contributed by atoms with Gasteiger partial charge < -0.3 is 10.6 Å². The smallest absolute Gasteiger partial charge is 0.324 e. The van der Waals surface area contributed by atoms with E-state index in [0.29, 0.717) is 5.56 Å². The number of rotatable bonds is 4. The SMILES string of the molecule is Cc1ccccc1C(=O)NCCN1C(=O)CNC1=O. The predicted molar refractivity (Wildman–Crippen MR) is 68.6 cm³/mol. The van der Waals surface area contributed by atoms with E-state index in [9.17, 15) is 14.4 Å². The van der Waals surface area contributed by atoms with Crippen molar-refractivity contribution in [2.75, 3.05) is 19.6 Å². The first-order valence-corrected chi connectivity index (χ1v) is 6.01. The summed E-state index contributed by atoms with van der Waals surface area (Å²) in [5.74, 6) is -0.472. The monoisotopic (exact) mass is 261 g/mol. The van der Waals surface area contributed by atoms with Gasteiger partial charge in [0, 0.05) is 18.7 Å². The molecule has 19 heavy (non-hydrogen) atoms. The van der Waals surface area contributed by atoms with E-state index in [2.05, 4.69) is 10.6 Å². The molecule has 1 heterocycles. The molecule has 1 fully saturated rings. The molecular formula is C13H15N3O3. The number of hydrogen-bond acceptors (Lipinski definition) is 3. The predicted octanol–water partition coefficient (Wildman–Crippen LogP) is 0.277. The lowest BCUT2D eigenvalue weighted by molar-refractivity contribution is -0.124. The summed E-state index contributed by atoms with van der Waals surface area (Å²) in [5.41, 5.74) is 1.48. The second-order valence-electron chi connectivity index (χ2n) is 4.27. The highest BCUT2D eigenvalue weighted by Crippen LogP contribution is 2.06. The van der Waals surface area contributed by atoms with E-state index in [1.807, 2.05) is 19.1 Å². The molecule has 0 atom stereocenters. The minimum Gasteiger partial charge on any atom is -0.350 e. The molecule has 0 aromatic heterocycles. The van der Waals surface area contributed by atoms with Gasteiger partial charge in [0.2, 0.25) is 5.91 Å². The van der Waals surface area contributed by atoms with Gasteiger partial charge in [-0.1, -0.05) is 18.2 Å². The third-order valence-corrected chi connectivity index (χ3v) is 2.95. The molecule has 0 saturated carbocycles. The maximum atomic E-state index is 11.9. The summed E-state index contributed by atoms with van der Waals surface area (Å²) < 4.78 is 0. The maximum absolute atomic E-state index is 11.9. The second kappa shape index (κ2) is 5.51. The number of benzene rings is 1. The van der Waals surface area contributed by atoms with Gasteiger partial charge >= 0.3 is 6.03 Å². The Morgan fingerprint density at radius 2 is 2.11 bits per heavy atom. The largest absolute Gasteiger partial charge is 0.350 e. The molecular weight excluding hydrogens is 246 g/mol. The average molecular weight is 261 g/mol. The Morgan fingerprint density at radius 1 is 1.37 bits per heavy atom. The number of imide groups is 1. The van der Waals surface area contributed by atoms with Crippen LogP contribution in [0.2, 0.25) is 0 Å². The summed E-state index contributed by atoms with van der Waals surface area (Å²) in [4.78, 5) is 35.6. The van der Waals surface area contributed by atoms with Crippen LogP contribution in [0, 0.1) is 6.92 Å². The van der Waals surface area contributed by atoms with Crippen molar-refractivity contribution < 1.29 is 14.4 Å². The van der Waals surface area contributed by atoms with E-state index in [4.69, 9.17) is 0 Å². The van der Waals surface area contributed by atoms with Gasteiger partial charge in [-0.2, -0.15) is 0 Å². The van der Waals surface area contributed by atoms with Crippen LogP contribution in [-0.2, 0) is 4.79 Å². The molecule has 2 rings (SSSR count). The summed E-state index contributed by atoms with van der Waals surface area (Å²) >= 11 is 0. The number of carbonyl (C=O) groups is 3. The summed E-state index contributed by atoms with van der Waals surface area (Å²) in [7, 11) is 0. The Morgan fingerprint density at radius 3 is 2.74 bits per heavy atom. The van der Waals surface area contributed by atoms with Crippen molar-refractivity contribution in [2.24, 2.45) is 0 Å². The molecule has 1 aromatic carbocycles. The van der Waals surface area contributed by atoms with Gasteiger partial charge in [0.1, 0.15) is 0 Å². The van der Waals surface area contributed by atoms with Crippen LogP contribution in [0.3, 0.4) is 0 Å². The Labute approximate surface area is 110 Å². The zero-order valence-electron chi connectivity index (χ0n) is 10.6. The second-order valence-corrected chi connectivity index (χ2v) is 4.27. The zero-order valence-corrected chi connectivity index (χ0v) is 10.6. The highest BCUT2D eigenvalue weighted by atomic mass is 16.2. The molecule has 1 aliphatic rings. The minimum atomic E-state index is -0.407. The van der Waals surface area contributed by atoms with E-state index in [-0.39, 0.29) is 31.4 Å². The Kier molecular flexibility index (Phi) is 3.79. The Balaban J connectivity index is 1.86. The molecule has 0 radical (unpaired) electrons.